The topological polar surface area (TPSA) is 33.2 Å². The molecule has 0 aliphatic carbocycles. The summed E-state index contributed by atoms with van der Waals surface area (Å²) in [5, 5.41) is 2.33. The summed E-state index contributed by atoms with van der Waals surface area (Å²) in [6, 6.07) is 18.7. The van der Waals surface area contributed by atoms with Crippen LogP contribution in [0.2, 0.25) is 0 Å². The smallest absolute Gasteiger partial charge is 0.125 e. The molecule has 3 aromatic rings. The Hall–Kier alpha value is -2.68. The summed E-state index contributed by atoms with van der Waals surface area (Å²) in [5.74, 6) is 0.292. The molecule has 0 saturated carbocycles. The van der Waals surface area contributed by atoms with E-state index in [1.807, 2.05) is 30.6 Å². The van der Waals surface area contributed by atoms with Gasteiger partial charge in [0.2, 0.25) is 0 Å². The van der Waals surface area contributed by atoms with Crippen molar-refractivity contribution in [1.82, 2.24) is 4.98 Å². The van der Waals surface area contributed by atoms with E-state index in [-0.39, 0.29) is 11.8 Å². The molecule has 1 saturated heterocycles. The summed E-state index contributed by atoms with van der Waals surface area (Å²) >= 11 is 0. The Morgan fingerprint density at radius 1 is 1.00 bits per heavy atom. The Morgan fingerprint density at radius 2 is 1.87 bits per heavy atom. The van der Waals surface area contributed by atoms with Crippen LogP contribution in [-0.2, 0) is 4.79 Å². The van der Waals surface area contributed by atoms with Crippen molar-refractivity contribution >= 4 is 22.7 Å². The Labute approximate surface area is 135 Å². The maximum atomic E-state index is 11.6. The second-order valence-electron chi connectivity index (χ2n) is 6.10. The van der Waals surface area contributed by atoms with Crippen molar-refractivity contribution < 1.29 is 4.79 Å². The minimum absolute atomic E-state index is 0.0366. The molecular weight excluding hydrogens is 284 g/mol. The molecule has 0 spiro atoms. The van der Waals surface area contributed by atoms with Crippen LogP contribution in [0.15, 0.2) is 67.0 Å². The molecule has 0 bridgehead atoms. The number of nitrogens with zero attached hydrogens (tertiary/aromatic N) is 2. The van der Waals surface area contributed by atoms with Gasteiger partial charge < -0.3 is 9.69 Å². The van der Waals surface area contributed by atoms with Crippen molar-refractivity contribution in [2.24, 2.45) is 5.92 Å². The Bertz CT molecular complexity index is 826. The number of benzene rings is 2. The van der Waals surface area contributed by atoms with Crippen LogP contribution in [0.4, 0.5) is 5.69 Å². The SMILES string of the molecule is O=C[C@@H]1CN(c2cccc3cnccc23)C[C@H]1c1ccccc1. The molecule has 1 aliphatic rings. The number of carbonyl (C=O) groups excluding carboxylic acids is 1. The first-order valence-corrected chi connectivity index (χ1v) is 7.95. The maximum absolute atomic E-state index is 11.6. The van der Waals surface area contributed by atoms with Gasteiger partial charge in [-0.2, -0.15) is 0 Å². The van der Waals surface area contributed by atoms with Crippen LogP contribution in [0.3, 0.4) is 0 Å². The molecule has 0 unspecified atom stereocenters. The zero-order valence-corrected chi connectivity index (χ0v) is 12.8. The summed E-state index contributed by atoms with van der Waals surface area (Å²) in [4.78, 5) is 18.1. The van der Waals surface area contributed by atoms with Gasteiger partial charge in [-0.1, -0.05) is 42.5 Å². The van der Waals surface area contributed by atoms with E-state index < -0.39 is 0 Å². The summed E-state index contributed by atoms with van der Waals surface area (Å²) in [6.07, 6.45) is 4.83. The second-order valence-corrected chi connectivity index (χ2v) is 6.10. The summed E-state index contributed by atoms with van der Waals surface area (Å²) in [5.41, 5.74) is 2.43. The lowest BCUT2D eigenvalue weighted by atomic mass is 9.90. The standard InChI is InChI=1S/C20H18N2O/c23-14-17-12-22(13-19(17)15-5-2-1-3-6-15)20-8-4-7-16-11-21-10-9-18(16)20/h1-11,14,17,19H,12-13H2/t17-,19-/m0/s1. The molecule has 2 aromatic carbocycles. The molecule has 2 atom stereocenters. The fourth-order valence-corrected chi connectivity index (χ4v) is 3.60. The number of aromatic nitrogens is 1. The van der Waals surface area contributed by atoms with E-state index in [1.54, 1.807) is 0 Å². The minimum Gasteiger partial charge on any atom is -0.370 e. The van der Waals surface area contributed by atoms with Gasteiger partial charge in [0.15, 0.2) is 0 Å². The predicted octanol–water partition coefficient (Wildman–Crippen LogP) is 3.65. The zero-order valence-electron chi connectivity index (χ0n) is 12.8. The molecule has 0 N–H and O–H groups in total. The van der Waals surface area contributed by atoms with E-state index in [0.717, 1.165) is 24.8 Å². The van der Waals surface area contributed by atoms with E-state index >= 15 is 0 Å². The largest absolute Gasteiger partial charge is 0.370 e. The number of carbonyl (C=O) groups is 1. The highest BCUT2D eigenvalue weighted by atomic mass is 16.1. The maximum Gasteiger partial charge on any atom is 0.125 e. The molecule has 3 nitrogen and oxygen atoms in total. The molecule has 1 aromatic heterocycles. The van der Waals surface area contributed by atoms with Crippen LogP contribution in [0.25, 0.3) is 10.8 Å². The fourth-order valence-electron chi connectivity index (χ4n) is 3.60. The molecule has 3 heteroatoms. The highest BCUT2D eigenvalue weighted by molar-refractivity contribution is 5.94. The van der Waals surface area contributed by atoms with Gasteiger partial charge in [0.25, 0.3) is 0 Å². The van der Waals surface area contributed by atoms with E-state index in [0.29, 0.717) is 0 Å². The molecule has 1 aliphatic heterocycles. The highest BCUT2D eigenvalue weighted by Crippen LogP contribution is 2.36. The van der Waals surface area contributed by atoms with Crippen LogP contribution >= 0.6 is 0 Å². The summed E-state index contributed by atoms with van der Waals surface area (Å²) < 4.78 is 0. The number of rotatable bonds is 3. The first kappa shape index (κ1) is 13.9. The normalized spacial score (nSPS) is 20.8. The molecule has 0 amide bonds. The number of anilines is 1. The summed E-state index contributed by atoms with van der Waals surface area (Å²) in [7, 11) is 0. The monoisotopic (exact) mass is 302 g/mol. The molecule has 4 rings (SSSR count). The van der Waals surface area contributed by atoms with Crippen molar-refractivity contribution in [3.05, 3.63) is 72.6 Å². The van der Waals surface area contributed by atoms with E-state index in [4.69, 9.17) is 0 Å². The number of fused-ring (bicyclic) bond motifs is 1. The van der Waals surface area contributed by atoms with Crippen molar-refractivity contribution in [3.63, 3.8) is 0 Å². The minimum atomic E-state index is 0.0366. The number of aldehydes is 1. The molecule has 1 fully saturated rings. The van der Waals surface area contributed by atoms with Crippen molar-refractivity contribution in [1.29, 1.82) is 0 Å². The molecule has 23 heavy (non-hydrogen) atoms. The van der Waals surface area contributed by atoms with Crippen LogP contribution in [0, 0.1) is 5.92 Å². The van der Waals surface area contributed by atoms with Crippen LogP contribution in [0.1, 0.15) is 11.5 Å². The van der Waals surface area contributed by atoms with Gasteiger partial charge in [-0.15, -0.1) is 0 Å². The molecule has 0 radical (unpaired) electrons. The van der Waals surface area contributed by atoms with Crippen molar-refractivity contribution in [3.8, 4) is 0 Å². The third kappa shape index (κ3) is 2.48. The lowest BCUT2D eigenvalue weighted by Crippen LogP contribution is -2.20. The van der Waals surface area contributed by atoms with E-state index in [9.17, 15) is 4.79 Å². The highest BCUT2D eigenvalue weighted by Gasteiger charge is 2.34. The van der Waals surface area contributed by atoms with E-state index in [2.05, 4.69) is 46.3 Å². The van der Waals surface area contributed by atoms with Gasteiger partial charge in [0.1, 0.15) is 6.29 Å². The Balaban J connectivity index is 1.72. The van der Waals surface area contributed by atoms with Gasteiger partial charge in [-0.05, 0) is 17.7 Å². The lowest BCUT2D eigenvalue weighted by molar-refractivity contribution is -0.110. The van der Waals surface area contributed by atoms with Gasteiger partial charge >= 0.3 is 0 Å². The van der Waals surface area contributed by atoms with Crippen molar-refractivity contribution in [2.45, 2.75) is 5.92 Å². The predicted molar refractivity (Wildman–Crippen MR) is 92.7 cm³/mol. The van der Waals surface area contributed by atoms with Gasteiger partial charge in [0.05, 0.1) is 0 Å². The number of pyridine rings is 1. The third-order valence-electron chi connectivity index (χ3n) is 4.77. The Kier molecular flexibility index (Phi) is 3.54. The first-order valence-electron chi connectivity index (χ1n) is 7.95. The van der Waals surface area contributed by atoms with E-state index in [1.165, 1.54) is 16.6 Å². The Morgan fingerprint density at radius 3 is 2.70 bits per heavy atom. The average Bonchev–Trinajstić information content (AvgIpc) is 3.06. The van der Waals surface area contributed by atoms with Crippen molar-refractivity contribution in [2.75, 3.05) is 18.0 Å². The van der Waals surface area contributed by atoms with Crippen LogP contribution < -0.4 is 4.90 Å². The lowest BCUT2D eigenvalue weighted by Gasteiger charge is -2.20. The zero-order chi connectivity index (χ0) is 15.6. The summed E-state index contributed by atoms with van der Waals surface area (Å²) in [6.45, 7) is 1.64. The van der Waals surface area contributed by atoms with Gasteiger partial charge in [-0.25, -0.2) is 0 Å². The second kappa shape index (κ2) is 5.84. The molecule has 114 valence electrons. The van der Waals surface area contributed by atoms with Crippen LogP contribution in [-0.4, -0.2) is 24.4 Å². The fraction of sp³-hybridized carbons (Fsp3) is 0.200. The third-order valence-corrected chi connectivity index (χ3v) is 4.77. The first-order chi connectivity index (χ1) is 11.4. The number of hydrogen-bond donors (Lipinski definition) is 0. The van der Waals surface area contributed by atoms with Gasteiger partial charge in [0, 0.05) is 53.8 Å². The number of hydrogen-bond acceptors (Lipinski definition) is 3. The van der Waals surface area contributed by atoms with Crippen LogP contribution in [0.5, 0.6) is 0 Å². The quantitative estimate of drug-likeness (QED) is 0.692. The molecular formula is C20H18N2O. The van der Waals surface area contributed by atoms with Gasteiger partial charge in [-0.3, -0.25) is 4.98 Å². The molecule has 2 heterocycles. The average molecular weight is 302 g/mol.